The molecule has 2 nitrogen and oxygen atoms in total. The fraction of sp³-hybridized carbons (Fsp3) is 0.417. The van der Waals surface area contributed by atoms with E-state index in [2.05, 4.69) is 6.26 Å². The van der Waals surface area contributed by atoms with Gasteiger partial charge in [-0.15, -0.1) is 0 Å². The van der Waals surface area contributed by atoms with Gasteiger partial charge in [0.25, 0.3) is 5.91 Å². The van der Waals surface area contributed by atoms with Gasteiger partial charge in [0.05, 0.1) is 0 Å². The van der Waals surface area contributed by atoms with Crippen molar-refractivity contribution in [3.63, 3.8) is 0 Å². The minimum atomic E-state index is -0.306. The summed E-state index contributed by atoms with van der Waals surface area (Å²) in [5.74, 6) is -0.295. The van der Waals surface area contributed by atoms with Gasteiger partial charge in [-0.2, -0.15) is 11.8 Å². The van der Waals surface area contributed by atoms with Gasteiger partial charge in [0.1, 0.15) is 5.82 Å². The van der Waals surface area contributed by atoms with Gasteiger partial charge in [-0.1, -0.05) is 0 Å². The van der Waals surface area contributed by atoms with Gasteiger partial charge >= 0.3 is 0 Å². The van der Waals surface area contributed by atoms with Crippen molar-refractivity contribution >= 4 is 17.7 Å². The average molecular weight is 239 g/mol. The van der Waals surface area contributed by atoms with Crippen LogP contribution in [0.1, 0.15) is 16.8 Å². The summed E-state index contributed by atoms with van der Waals surface area (Å²) in [4.78, 5) is 13.9. The molecule has 0 bridgehead atoms. The molecule has 0 N–H and O–H groups in total. The molecule has 0 radical (unpaired) electrons. The van der Waals surface area contributed by atoms with E-state index in [1.165, 1.54) is 12.1 Å². The fourth-order valence-corrected chi connectivity index (χ4v) is 2.55. The van der Waals surface area contributed by atoms with Crippen molar-refractivity contribution in [1.29, 1.82) is 0 Å². The van der Waals surface area contributed by atoms with Crippen molar-refractivity contribution in [3.8, 4) is 0 Å². The lowest BCUT2D eigenvalue weighted by Gasteiger charge is -2.15. The molecular formula is C12H14FNOS. The molecule has 4 heteroatoms. The van der Waals surface area contributed by atoms with E-state index in [1.807, 2.05) is 4.90 Å². The van der Waals surface area contributed by atoms with Gasteiger partial charge in [-0.25, -0.2) is 4.39 Å². The van der Waals surface area contributed by atoms with Crippen molar-refractivity contribution in [2.75, 3.05) is 19.3 Å². The fourth-order valence-electron chi connectivity index (χ4n) is 1.88. The number of thioether (sulfide) groups is 1. The Hall–Kier alpha value is -1.03. The minimum absolute atomic E-state index is 0.0107. The number of benzene rings is 1. The normalized spacial score (nSPS) is 20.1. The Labute approximate surface area is 98.8 Å². The molecule has 1 aliphatic rings. The third-order valence-electron chi connectivity index (χ3n) is 2.86. The Bertz CT molecular complexity index is 379. The molecule has 0 unspecified atom stereocenters. The molecule has 0 spiro atoms. The van der Waals surface area contributed by atoms with Crippen molar-refractivity contribution in [2.24, 2.45) is 0 Å². The summed E-state index contributed by atoms with van der Waals surface area (Å²) >= 11 is 1.80. The van der Waals surface area contributed by atoms with Gasteiger partial charge < -0.3 is 4.90 Å². The number of halogens is 1. The number of carbonyl (C=O) groups is 1. The molecule has 1 fully saturated rings. The van der Waals surface area contributed by atoms with Crippen LogP contribution in [0.5, 0.6) is 0 Å². The Morgan fingerprint density at radius 1 is 1.44 bits per heavy atom. The third-order valence-corrected chi connectivity index (χ3v) is 3.91. The Balaban J connectivity index is 2.05. The van der Waals surface area contributed by atoms with Crippen molar-refractivity contribution < 1.29 is 9.18 Å². The molecule has 0 aromatic heterocycles. The van der Waals surface area contributed by atoms with Gasteiger partial charge in [0, 0.05) is 23.9 Å². The number of carbonyl (C=O) groups excluding carboxylic acids is 1. The van der Waals surface area contributed by atoms with Crippen LogP contribution in [-0.2, 0) is 0 Å². The van der Waals surface area contributed by atoms with E-state index in [4.69, 9.17) is 0 Å². The maximum absolute atomic E-state index is 12.7. The molecule has 2 rings (SSSR count). The zero-order valence-corrected chi connectivity index (χ0v) is 9.97. The van der Waals surface area contributed by atoms with Crippen molar-refractivity contribution in [2.45, 2.75) is 11.7 Å². The van der Waals surface area contributed by atoms with E-state index in [9.17, 15) is 9.18 Å². The molecule has 1 aromatic rings. The lowest BCUT2D eigenvalue weighted by molar-refractivity contribution is 0.0793. The summed E-state index contributed by atoms with van der Waals surface area (Å²) in [5, 5.41) is 0.546. The minimum Gasteiger partial charge on any atom is -0.337 e. The molecular weight excluding hydrogens is 225 g/mol. The van der Waals surface area contributed by atoms with Gasteiger partial charge in [0.2, 0.25) is 0 Å². The van der Waals surface area contributed by atoms with E-state index in [0.29, 0.717) is 10.8 Å². The Morgan fingerprint density at radius 2 is 2.12 bits per heavy atom. The van der Waals surface area contributed by atoms with E-state index in [1.54, 1.807) is 23.9 Å². The van der Waals surface area contributed by atoms with Crippen LogP contribution >= 0.6 is 11.8 Å². The maximum atomic E-state index is 12.7. The number of hydrogen-bond donors (Lipinski definition) is 0. The van der Waals surface area contributed by atoms with E-state index >= 15 is 0 Å². The molecule has 1 amide bonds. The Morgan fingerprint density at radius 3 is 2.69 bits per heavy atom. The molecule has 0 aliphatic carbocycles. The predicted octanol–water partition coefficient (Wildman–Crippen LogP) is 2.40. The first-order chi connectivity index (χ1) is 7.70. The number of hydrogen-bond acceptors (Lipinski definition) is 2. The summed E-state index contributed by atoms with van der Waals surface area (Å²) in [7, 11) is 0. The van der Waals surface area contributed by atoms with Crippen LogP contribution in [0.4, 0.5) is 4.39 Å². The highest BCUT2D eigenvalue weighted by Crippen LogP contribution is 2.21. The second-order valence-electron chi connectivity index (χ2n) is 3.90. The van der Waals surface area contributed by atoms with Gasteiger partial charge in [-0.3, -0.25) is 4.79 Å². The summed E-state index contributed by atoms with van der Waals surface area (Å²) < 4.78 is 12.7. The first-order valence-electron chi connectivity index (χ1n) is 5.28. The molecule has 16 heavy (non-hydrogen) atoms. The van der Waals surface area contributed by atoms with Gasteiger partial charge in [0.15, 0.2) is 0 Å². The first kappa shape index (κ1) is 11.5. The van der Waals surface area contributed by atoms with Crippen LogP contribution in [0.15, 0.2) is 24.3 Å². The zero-order chi connectivity index (χ0) is 11.5. The quantitative estimate of drug-likeness (QED) is 0.790. The van der Waals surface area contributed by atoms with Crippen molar-refractivity contribution in [1.82, 2.24) is 4.90 Å². The van der Waals surface area contributed by atoms with Crippen LogP contribution in [0.3, 0.4) is 0 Å². The highest BCUT2D eigenvalue weighted by molar-refractivity contribution is 7.99. The predicted molar refractivity (Wildman–Crippen MR) is 64.2 cm³/mol. The number of amides is 1. The molecule has 86 valence electrons. The van der Waals surface area contributed by atoms with Gasteiger partial charge in [-0.05, 0) is 36.9 Å². The zero-order valence-electron chi connectivity index (χ0n) is 9.15. The van der Waals surface area contributed by atoms with Crippen molar-refractivity contribution in [3.05, 3.63) is 35.6 Å². The van der Waals surface area contributed by atoms with Crippen LogP contribution < -0.4 is 0 Å². The largest absolute Gasteiger partial charge is 0.337 e. The second kappa shape index (κ2) is 4.87. The lowest BCUT2D eigenvalue weighted by atomic mass is 10.2. The summed E-state index contributed by atoms with van der Waals surface area (Å²) in [5.41, 5.74) is 0.572. The van der Waals surface area contributed by atoms with Crippen LogP contribution in [0, 0.1) is 5.82 Å². The topological polar surface area (TPSA) is 20.3 Å². The lowest BCUT2D eigenvalue weighted by Crippen LogP contribution is -2.29. The average Bonchev–Trinajstić information content (AvgIpc) is 2.77. The molecule has 0 saturated carbocycles. The van der Waals surface area contributed by atoms with E-state index in [-0.39, 0.29) is 11.7 Å². The monoisotopic (exact) mass is 239 g/mol. The smallest absolute Gasteiger partial charge is 0.253 e. The second-order valence-corrected chi connectivity index (χ2v) is 5.04. The SMILES string of the molecule is CS[C@H]1CCN(C(=O)c2ccc(F)cc2)C1. The van der Waals surface area contributed by atoms with Crippen LogP contribution in [0.25, 0.3) is 0 Å². The first-order valence-corrected chi connectivity index (χ1v) is 6.57. The standard InChI is InChI=1S/C12H14FNOS/c1-16-11-6-7-14(8-11)12(15)9-2-4-10(13)5-3-9/h2-5,11H,6-8H2,1H3/t11-/m0/s1. The number of rotatable bonds is 2. The van der Waals surface area contributed by atoms with Crippen LogP contribution in [-0.4, -0.2) is 35.4 Å². The molecule has 1 heterocycles. The maximum Gasteiger partial charge on any atom is 0.253 e. The molecule has 1 aromatic carbocycles. The summed E-state index contributed by atoms with van der Waals surface area (Å²) in [6.07, 6.45) is 3.12. The summed E-state index contributed by atoms with van der Waals surface area (Å²) in [6, 6.07) is 5.75. The van der Waals surface area contributed by atoms with E-state index in [0.717, 1.165) is 19.5 Å². The molecule has 1 aliphatic heterocycles. The highest BCUT2D eigenvalue weighted by Gasteiger charge is 2.26. The molecule has 1 atom stereocenters. The molecule has 1 saturated heterocycles. The number of nitrogens with zero attached hydrogens (tertiary/aromatic N) is 1. The summed E-state index contributed by atoms with van der Waals surface area (Å²) in [6.45, 7) is 1.61. The third kappa shape index (κ3) is 2.38. The Kier molecular flexibility index (Phi) is 3.49. The number of likely N-dealkylation sites (tertiary alicyclic amines) is 1. The van der Waals surface area contributed by atoms with Crippen LogP contribution in [0.2, 0.25) is 0 Å². The van der Waals surface area contributed by atoms with E-state index < -0.39 is 0 Å². The highest BCUT2D eigenvalue weighted by atomic mass is 32.2.